The monoisotopic (exact) mass is 464 g/mol. The smallest absolute Gasteiger partial charge is 0.238 e. The van der Waals surface area contributed by atoms with E-state index in [2.05, 4.69) is 73.0 Å². The highest BCUT2D eigenvalue weighted by molar-refractivity contribution is 9.10. The molecule has 154 valence electrons. The zero-order valence-electron chi connectivity index (χ0n) is 17.9. The van der Waals surface area contributed by atoms with Gasteiger partial charge in [0.25, 0.3) is 0 Å². The molecule has 5 rings (SSSR count). The molecule has 1 amide bonds. The van der Waals surface area contributed by atoms with Gasteiger partial charge in [-0.15, -0.1) is 0 Å². The molecule has 1 aromatic carbocycles. The van der Waals surface area contributed by atoms with Gasteiger partial charge in [0, 0.05) is 16.1 Å². The number of halogens is 1. The summed E-state index contributed by atoms with van der Waals surface area (Å²) in [4.78, 5) is 28.3. The van der Waals surface area contributed by atoms with Crippen LogP contribution >= 0.6 is 15.9 Å². The van der Waals surface area contributed by atoms with Crippen molar-refractivity contribution in [3.8, 4) is 0 Å². The van der Waals surface area contributed by atoms with Crippen molar-refractivity contribution in [3.05, 3.63) is 57.4 Å². The van der Waals surface area contributed by atoms with Gasteiger partial charge in [-0.2, -0.15) is 0 Å². The van der Waals surface area contributed by atoms with Crippen LogP contribution in [0.15, 0.2) is 34.9 Å². The lowest BCUT2D eigenvalue weighted by Gasteiger charge is -2.39. The van der Waals surface area contributed by atoms with E-state index in [0.29, 0.717) is 5.82 Å². The molecule has 2 atom stereocenters. The van der Waals surface area contributed by atoms with E-state index in [1.54, 1.807) is 6.20 Å². The van der Waals surface area contributed by atoms with Crippen molar-refractivity contribution in [2.24, 2.45) is 5.41 Å². The normalized spacial score (nSPS) is 26.1. The third kappa shape index (κ3) is 2.28. The maximum absolute atomic E-state index is 13.8. The minimum atomic E-state index is -0.730. The van der Waals surface area contributed by atoms with E-state index in [4.69, 9.17) is 9.97 Å². The third-order valence-corrected chi connectivity index (χ3v) is 8.48. The van der Waals surface area contributed by atoms with Crippen LogP contribution in [0.2, 0.25) is 0 Å². The van der Waals surface area contributed by atoms with Crippen LogP contribution in [-0.4, -0.2) is 20.9 Å². The van der Waals surface area contributed by atoms with Crippen molar-refractivity contribution in [2.45, 2.75) is 58.3 Å². The second-order valence-corrected chi connectivity index (χ2v) is 10.4. The van der Waals surface area contributed by atoms with Crippen LogP contribution in [-0.2, 0) is 15.6 Å². The quantitative estimate of drug-likeness (QED) is 0.553. The van der Waals surface area contributed by atoms with Crippen molar-refractivity contribution in [2.75, 3.05) is 5.32 Å². The van der Waals surface area contributed by atoms with Crippen molar-refractivity contribution in [1.29, 1.82) is 0 Å². The summed E-state index contributed by atoms with van der Waals surface area (Å²) < 4.78 is 0.877. The molecule has 2 aliphatic rings. The van der Waals surface area contributed by atoms with E-state index >= 15 is 0 Å². The number of amides is 1. The third-order valence-electron chi connectivity index (χ3n) is 8.01. The Hall–Kier alpha value is -2.34. The topological polar surface area (TPSA) is 67.8 Å². The van der Waals surface area contributed by atoms with E-state index in [-0.39, 0.29) is 16.7 Å². The molecule has 1 fully saturated rings. The fourth-order valence-corrected chi connectivity index (χ4v) is 5.77. The molecule has 6 heteroatoms. The van der Waals surface area contributed by atoms with Crippen LogP contribution in [0.4, 0.5) is 5.82 Å². The molecule has 0 radical (unpaired) electrons. The number of fused-ring (bicyclic) bond motifs is 6. The first-order valence-corrected chi connectivity index (χ1v) is 11.1. The Morgan fingerprint density at radius 3 is 2.23 bits per heavy atom. The molecule has 1 N–H and O–H groups in total. The molecule has 0 aliphatic heterocycles. The second kappa shape index (κ2) is 6.10. The van der Waals surface area contributed by atoms with Crippen molar-refractivity contribution < 1.29 is 4.79 Å². The Kier molecular flexibility index (Phi) is 3.99. The molecule has 30 heavy (non-hydrogen) atoms. The number of anilines is 1. The van der Waals surface area contributed by atoms with E-state index in [0.717, 1.165) is 39.7 Å². The number of nitrogens with zero attached hydrogens (tertiary/aromatic N) is 3. The summed E-state index contributed by atoms with van der Waals surface area (Å²) >= 11 is 3.40. The summed E-state index contributed by atoms with van der Waals surface area (Å²) in [6, 6.07) is 7.89. The average Bonchev–Trinajstić information content (AvgIpc) is 2.99. The van der Waals surface area contributed by atoms with Gasteiger partial charge in [-0.25, -0.2) is 15.0 Å². The van der Waals surface area contributed by atoms with Crippen LogP contribution in [0.25, 0.3) is 11.0 Å². The van der Waals surface area contributed by atoms with Gasteiger partial charge in [-0.3, -0.25) is 4.79 Å². The van der Waals surface area contributed by atoms with Gasteiger partial charge in [-0.05, 0) is 83.4 Å². The van der Waals surface area contributed by atoms with Gasteiger partial charge in [0.2, 0.25) is 5.91 Å². The fraction of sp³-hybridized carbons (Fsp3) is 0.417. The molecule has 2 aromatic heterocycles. The predicted octanol–water partition coefficient (Wildman–Crippen LogP) is 5.37. The summed E-state index contributed by atoms with van der Waals surface area (Å²) in [6.45, 7) is 10.8. The molecule has 1 saturated carbocycles. The molecule has 2 heterocycles. The Morgan fingerprint density at radius 2 is 1.63 bits per heavy atom. The van der Waals surface area contributed by atoms with Crippen LogP contribution in [0.3, 0.4) is 0 Å². The van der Waals surface area contributed by atoms with Gasteiger partial charge in [0.05, 0.1) is 27.8 Å². The van der Waals surface area contributed by atoms with Gasteiger partial charge in [0.15, 0.2) is 0 Å². The lowest BCUT2D eigenvalue weighted by atomic mass is 9.63. The molecule has 0 saturated heterocycles. The van der Waals surface area contributed by atoms with Gasteiger partial charge in [-0.1, -0.05) is 20.8 Å². The zero-order chi connectivity index (χ0) is 21.5. The number of aryl methyl sites for hydroxylation is 2. The van der Waals surface area contributed by atoms with Crippen LogP contribution < -0.4 is 5.32 Å². The Bertz CT molecular complexity index is 1220. The SMILES string of the molecule is Cc1cc2nc3c(nc2cc1C)C1(C(=O)Nc2ccc(Br)cn2)CCC3(C)C1(C)C. The van der Waals surface area contributed by atoms with Gasteiger partial charge < -0.3 is 5.32 Å². The zero-order valence-corrected chi connectivity index (χ0v) is 19.5. The summed E-state index contributed by atoms with van der Waals surface area (Å²) in [6.07, 6.45) is 3.37. The number of hydrogen-bond donors (Lipinski definition) is 1. The average molecular weight is 465 g/mol. The van der Waals surface area contributed by atoms with E-state index in [1.165, 1.54) is 11.1 Å². The number of carbonyl (C=O) groups excluding carboxylic acids is 1. The minimum absolute atomic E-state index is 0.0396. The largest absolute Gasteiger partial charge is 0.310 e. The minimum Gasteiger partial charge on any atom is -0.310 e. The maximum atomic E-state index is 13.8. The molecule has 2 bridgehead atoms. The maximum Gasteiger partial charge on any atom is 0.238 e. The number of carbonyl (C=O) groups is 1. The lowest BCUT2D eigenvalue weighted by molar-refractivity contribution is -0.125. The van der Waals surface area contributed by atoms with E-state index in [9.17, 15) is 4.79 Å². The van der Waals surface area contributed by atoms with Crippen molar-refractivity contribution in [1.82, 2.24) is 15.0 Å². The Morgan fingerprint density at radius 1 is 1.00 bits per heavy atom. The fourth-order valence-electron chi connectivity index (χ4n) is 5.53. The summed E-state index contributed by atoms with van der Waals surface area (Å²) in [5, 5.41) is 3.07. The van der Waals surface area contributed by atoms with Crippen molar-refractivity contribution >= 4 is 38.7 Å². The molecule has 0 spiro atoms. The number of nitrogens with one attached hydrogen (secondary N) is 1. The van der Waals surface area contributed by atoms with Crippen LogP contribution in [0.5, 0.6) is 0 Å². The molecule has 2 unspecified atom stereocenters. The number of hydrogen-bond acceptors (Lipinski definition) is 4. The van der Waals surface area contributed by atoms with E-state index < -0.39 is 5.41 Å². The first-order valence-electron chi connectivity index (χ1n) is 10.3. The van der Waals surface area contributed by atoms with Crippen LogP contribution in [0, 0.1) is 19.3 Å². The predicted molar refractivity (Wildman–Crippen MR) is 122 cm³/mol. The molecule has 5 nitrogen and oxygen atoms in total. The number of rotatable bonds is 2. The van der Waals surface area contributed by atoms with Crippen LogP contribution in [0.1, 0.15) is 56.1 Å². The van der Waals surface area contributed by atoms with Crippen molar-refractivity contribution in [3.63, 3.8) is 0 Å². The highest BCUT2D eigenvalue weighted by Gasteiger charge is 2.73. The summed E-state index contributed by atoms with van der Waals surface area (Å²) in [5.41, 5.74) is 4.73. The Labute approximate surface area is 184 Å². The van der Waals surface area contributed by atoms with Gasteiger partial charge in [0.1, 0.15) is 5.82 Å². The molecular weight excluding hydrogens is 440 g/mol. The lowest BCUT2D eigenvalue weighted by Crippen LogP contribution is -2.48. The Balaban J connectivity index is 1.70. The number of benzene rings is 1. The summed E-state index contributed by atoms with van der Waals surface area (Å²) in [5.74, 6) is 0.512. The summed E-state index contributed by atoms with van der Waals surface area (Å²) in [7, 11) is 0. The molecule has 3 aromatic rings. The number of aromatic nitrogens is 3. The second-order valence-electron chi connectivity index (χ2n) is 9.52. The first kappa shape index (κ1) is 19.6. The standard InChI is InChI=1S/C24H25BrN4O/c1-13-10-16-17(11-14(13)2)28-20-19(27-16)23(5)8-9-24(20,22(23,3)4)21(30)29-18-7-6-15(25)12-26-18/h6-7,10-12H,8-9H2,1-5H3,(H,26,29,30). The van der Waals surface area contributed by atoms with E-state index in [1.807, 2.05) is 12.1 Å². The highest BCUT2D eigenvalue weighted by atomic mass is 79.9. The van der Waals surface area contributed by atoms with Gasteiger partial charge >= 0.3 is 0 Å². The molecular formula is C24H25BrN4O. The highest BCUT2D eigenvalue weighted by Crippen LogP contribution is 2.70. The number of pyridine rings is 1. The molecule has 2 aliphatic carbocycles. The first-order chi connectivity index (χ1) is 14.1.